The second kappa shape index (κ2) is 28.6. The van der Waals surface area contributed by atoms with Crippen LogP contribution in [-0.4, -0.2) is 58.3 Å². The maximum Gasteiger partial charge on any atom is 0.350 e. The molecule has 20 nitrogen and oxygen atoms in total. The fraction of sp³-hybridized carbons (Fsp3) is 0.0794. The number of anilines is 6. The zero-order valence-electron chi connectivity index (χ0n) is 47.0. The van der Waals surface area contributed by atoms with Crippen LogP contribution in [0.1, 0.15) is 62.4 Å². The van der Waals surface area contributed by atoms with Gasteiger partial charge in [-0.25, -0.2) is 29.3 Å². The Hall–Kier alpha value is -10.8. The van der Waals surface area contributed by atoms with Crippen LogP contribution in [0.5, 0.6) is 0 Å². The standard InChI is InChI=1S/3C20H14N4O2S2.C3H7NO/c3*21-9-12-14(13-7-4-8-27-13)15-16(22)17(28-19(15)24-18(12)23)20(25)26-10-11-5-2-1-3-6-11;1-4(2)3-5/h3*1-8H,10,22H2,(H2,23,24);3H,1-2H3. The molecule has 0 saturated heterocycles. The van der Waals surface area contributed by atoms with Gasteiger partial charge in [0.25, 0.3) is 0 Å². The molecule has 12 aromatic rings. The van der Waals surface area contributed by atoms with E-state index in [1.807, 2.05) is 144 Å². The molecule has 12 N–H and O–H groups in total. The number of amides is 1. The van der Waals surface area contributed by atoms with Gasteiger partial charge >= 0.3 is 17.9 Å². The van der Waals surface area contributed by atoms with Crippen LogP contribution in [-0.2, 0) is 38.8 Å². The third-order valence-electron chi connectivity index (χ3n) is 12.8. The summed E-state index contributed by atoms with van der Waals surface area (Å²) < 4.78 is 16.2. The number of carbonyl (C=O) groups excluding carboxylic acids is 4. The van der Waals surface area contributed by atoms with Crippen molar-refractivity contribution in [3.8, 4) is 49.5 Å². The number of ether oxygens (including phenoxy) is 3. The molecule has 0 unspecified atom stereocenters. The number of fused-ring (bicyclic) bond motifs is 3. The number of nitrogen functional groups attached to an aromatic ring is 6. The van der Waals surface area contributed by atoms with Crippen molar-refractivity contribution in [3.63, 3.8) is 0 Å². The van der Waals surface area contributed by atoms with Crippen molar-refractivity contribution in [3.05, 3.63) is 192 Å². The fourth-order valence-electron chi connectivity index (χ4n) is 8.67. The fourth-order valence-corrected chi connectivity index (χ4v) is 14.0. The van der Waals surface area contributed by atoms with E-state index >= 15 is 0 Å². The summed E-state index contributed by atoms with van der Waals surface area (Å²) in [7, 11) is 3.38. The minimum atomic E-state index is -0.529. The van der Waals surface area contributed by atoms with Gasteiger partial charge < -0.3 is 53.5 Å². The summed E-state index contributed by atoms with van der Waals surface area (Å²) >= 11 is 7.73. The highest BCUT2D eigenvalue weighted by atomic mass is 32.1. The van der Waals surface area contributed by atoms with Crippen molar-refractivity contribution >= 4 is 158 Å². The predicted octanol–water partition coefficient (Wildman–Crippen LogP) is 13.0. The minimum absolute atomic E-state index is 0.115. The molecule has 0 aliphatic rings. The quantitative estimate of drug-likeness (QED) is 0.0355. The van der Waals surface area contributed by atoms with Crippen molar-refractivity contribution in [1.82, 2.24) is 19.9 Å². The van der Waals surface area contributed by atoms with Gasteiger partial charge in [-0.05, 0) is 51.0 Å². The molecule has 0 saturated carbocycles. The van der Waals surface area contributed by atoms with E-state index in [9.17, 15) is 35.0 Å². The second-order valence-corrected chi connectivity index (χ2v) is 24.7. The van der Waals surface area contributed by atoms with Gasteiger partial charge in [0, 0.05) is 61.6 Å². The molecule has 9 aromatic heterocycles. The van der Waals surface area contributed by atoms with E-state index in [2.05, 4.69) is 33.2 Å². The number of esters is 3. The van der Waals surface area contributed by atoms with Crippen LogP contribution in [0.2, 0.25) is 0 Å². The summed E-state index contributed by atoms with van der Waals surface area (Å²) in [5.41, 5.74) is 42.9. The van der Waals surface area contributed by atoms with Crippen molar-refractivity contribution in [1.29, 1.82) is 15.8 Å². The van der Waals surface area contributed by atoms with E-state index in [0.29, 0.717) is 47.3 Å². The first-order chi connectivity index (χ1) is 43.1. The zero-order chi connectivity index (χ0) is 63.3. The average Bonchev–Trinajstić information content (AvgIpc) is 1.68. The van der Waals surface area contributed by atoms with Crippen LogP contribution < -0.4 is 34.4 Å². The highest BCUT2D eigenvalue weighted by Gasteiger charge is 2.29. The van der Waals surface area contributed by atoms with Crippen LogP contribution in [0.4, 0.5) is 34.5 Å². The van der Waals surface area contributed by atoms with Crippen LogP contribution >= 0.6 is 68.0 Å². The third-order valence-corrected chi connectivity index (χ3v) is 18.7. The molecule has 0 bridgehead atoms. The number of hydrogen-bond acceptors (Lipinski definition) is 25. The van der Waals surface area contributed by atoms with E-state index in [0.717, 1.165) is 71.7 Å². The van der Waals surface area contributed by atoms with E-state index in [1.54, 1.807) is 14.1 Å². The number of pyridine rings is 3. The summed E-state index contributed by atoms with van der Waals surface area (Å²) in [5.74, 6) is -1.24. The van der Waals surface area contributed by atoms with Gasteiger partial charge in [-0.3, -0.25) is 4.79 Å². The van der Waals surface area contributed by atoms with Gasteiger partial charge in [-0.2, -0.15) is 15.8 Å². The molecule has 3 aromatic carbocycles. The molecule has 0 atom stereocenters. The molecular formula is C63H49N13O7S6. The van der Waals surface area contributed by atoms with Gasteiger partial charge in [0.15, 0.2) is 0 Å². The number of nitriles is 3. The van der Waals surface area contributed by atoms with Crippen LogP contribution in [0.15, 0.2) is 144 Å². The molecule has 26 heteroatoms. The number of carbonyl (C=O) groups is 4. The Morgan fingerprint density at radius 1 is 0.449 bits per heavy atom. The first kappa shape index (κ1) is 62.8. The molecule has 0 aliphatic carbocycles. The third kappa shape index (κ3) is 13.9. The largest absolute Gasteiger partial charge is 0.457 e. The lowest BCUT2D eigenvalue weighted by molar-refractivity contribution is -0.115. The number of benzene rings is 3. The molecule has 89 heavy (non-hydrogen) atoms. The minimum Gasteiger partial charge on any atom is -0.457 e. The monoisotopic (exact) mass is 1290 g/mol. The van der Waals surface area contributed by atoms with Gasteiger partial charge in [-0.15, -0.1) is 68.0 Å². The number of hydrogen-bond donors (Lipinski definition) is 6. The SMILES string of the molecule is CN(C)C=O.N#Cc1c(N)nc2sc(C(=O)OCc3ccccc3)c(N)c2c1-c1cccs1.N#Cc1c(N)nc2sc(C(=O)OCc3ccccc3)c(N)c2c1-c1cccs1.N#Cc1c(N)nc2sc(C(=O)OCc3ccccc3)c(N)c2c1-c1cccs1. The number of nitrogens with two attached hydrogens (primary N) is 6. The Morgan fingerprint density at radius 3 is 0.921 bits per heavy atom. The first-order valence-corrected chi connectivity index (χ1v) is 31.3. The van der Waals surface area contributed by atoms with Crippen molar-refractivity contribution in [2.24, 2.45) is 0 Å². The smallest absolute Gasteiger partial charge is 0.350 e. The first-order valence-electron chi connectivity index (χ1n) is 26.2. The van der Waals surface area contributed by atoms with Crippen LogP contribution in [0.25, 0.3) is 62.0 Å². The molecule has 1 amide bonds. The van der Waals surface area contributed by atoms with E-state index in [4.69, 9.17) is 48.6 Å². The van der Waals surface area contributed by atoms with E-state index in [1.165, 1.54) is 38.9 Å². The lowest BCUT2D eigenvalue weighted by Gasteiger charge is -2.07. The molecule has 0 aliphatic heterocycles. The Bertz CT molecular complexity index is 4210. The maximum atomic E-state index is 12.6. The molecule has 0 fully saturated rings. The Labute approximate surface area is 532 Å². The highest BCUT2D eigenvalue weighted by molar-refractivity contribution is 7.22. The zero-order valence-corrected chi connectivity index (χ0v) is 51.9. The van der Waals surface area contributed by atoms with Crippen molar-refractivity contribution in [2.45, 2.75) is 19.8 Å². The summed E-state index contributed by atoms with van der Waals surface area (Å²) in [4.78, 5) is 66.4. The molecule has 0 spiro atoms. The number of thiophene rings is 6. The van der Waals surface area contributed by atoms with E-state index < -0.39 is 17.9 Å². The topological polar surface area (TPSA) is 365 Å². The van der Waals surface area contributed by atoms with Crippen LogP contribution in [0, 0.1) is 34.0 Å². The molecule has 9 heterocycles. The lowest BCUT2D eigenvalue weighted by atomic mass is 10.0. The lowest BCUT2D eigenvalue weighted by Crippen LogP contribution is -2.06. The van der Waals surface area contributed by atoms with Crippen molar-refractivity contribution < 1.29 is 33.4 Å². The summed E-state index contributed by atoms with van der Waals surface area (Å²) in [6, 6.07) is 45.8. The van der Waals surface area contributed by atoms with Gasteiger partial charge in [0.05, 0.1) is 17.1 Å². The van der Waals surface area contributed by atoms with Gasteiger partial charge in [-0.1, -0.05) is 109 Å². The summed E-state index contributed by atoms with van der Waals surface area (Å²) in [6.07, 6.45) is 0.750. The second-order valence-electron chi connectivity index (χ2n) is 18.8. The average molecular weight is 1290 g/mol. The number of nitrogens with zero attached hydrogens (tertiary/aromatic N) is 7. The van der Waals surface area contributed by atoms with E-state index in [-0.39, 0.29) is 85.7 Å². The predicted molar refractivity (Wildman–Crippen MR) is 356 cm³/mol. The normalized spacial score (nSPS) is 10.5. The number of aromatic nitrogens is 3. The van der Waals surface area contributed by atoms with Gasteiger partial charge in [0.2, 0.25) is 6.41 Å². The number of rotatable bonds is 13. The Morgan fingerprint density at radius 2 is 0.708 bits per heavy atom. The van der Waals surface area contributed by atoms with Crippen molar-refractivity contribution in [2.75, 3.05) is 48.5 Å². The van der Waals surface area contributed by atoms with Gasteiger partial charge in [0.1, 0.15) is 101 Å². The Kier molecular flexibility index (Phi) is 20.2. The molecule has 12 rings (SSSR count). The molecule has 0 radical (unpaired) electrons. The summed E-state index contributed by atoms with van der Waals surface area (Å²) in [6.45, 7) is 0.429. The maximum absolute atomic E-state index is 12.6. The highest BCUT2D eigenvalue weighted by Crippen LogP contribution is 2.47. The molecular weight excluding hydrogens is 1240 g/mol. The van der Waals surface area contributed by atoms with Crippen LogP contribution in [0.3, 0.4) is 0 Å². The summed E-state index contributed by atoms with van der Waals surface area (Å²) in [5, 5.41) is 36.1. The Balaban J connectivity index is 0.000000153. The molecule has 444 valence electrons.